The molecule has 1 aliphatic heterocycles. The summed E-state index contributed by atoms with van der Waals surface area (Å²) in [5, 5.41) is 23.7. The predicted octanol–water partition coefficient (Wildman–Crippen LogP) is 1.53. The molecular weight excluding hydrogens is 370 g/mol. The summed E-state index contributed by atoms with van der Waals surface area (Å²) >= 11 is 6.34. The summed E-state index contributed by atoms with van der Waals surface area (Å²) in [6.45, 7) is 0.283. The molecule has 0 saturated heterocycles. The van der Waals surface area contributed by atoms with Gasteiger partial charge in [0.1, 0.15) is 12.4 Å². The summed E-state index contributed by atoms with van der Waals surface area (Å²) in [6, 6.07) is 2.55. The first kappa shape index (κ1) is 18.9. The normalized spacial score (nSPS) is 15.1. The molecule has 0 atom stereocenters. The number of nitrogens with zero attached hydrogens (tertiary/aromatic N) is 1. The number of benzene rings is 1. The Bertz CT molecular complexity index is 906. The van der Waals surface area contributed by atoms with Crippen LogP contribution in [0.1, 0.15) is 17.5 Å². The van der Waals surface area contributed by atoms with Crippen molar-refractivity contribution in [3.8, 4) is 0 Å². The van der Waals surface area contributed by atoms with Gasteiger partial charge in [0.25, 0.3) is 5.91 Å². The Morgan fingerprint density at radius 2 is 2.16 bits per heavy atom. The van der Waals surface area contributed by atoms with Crippen molar-refractivity contribution in [1.29, 1.82) is 5.41 Å². The Morgan fingerprint density at radius 1 is 1.48 bits per heavy atom. The van der Waals surface area contributed by atoms with Crippen LogP contribution in [0.4, 0.5) is 0 Å². The molecule has 1 heterocycles. The first-order valence-electron chi connectivity index (χ1n) is 7.10. The van der Waals surface area contributed by atoms with Crippen molar-refractivity contribution in [2.24, 2.45) is 5.16 Å². The topological polar surface area (TPSA) is 129 Å². The first-order valence-corrected chi connectivity index (χ1v) is 9.37. The van der Waals surface area contributed by atoms with E-state index in [1.807, 2.05) is 0 Å². The van der Waals surface area contributed by atoms with Crippen molar-refractivity contribution < 1.29 is 23.2 Å². The van der Waals surface area contributed by atoms with Crippen molar-refractivity contribution in [2.45, 2.75) is 11.3 Å². The largest absolute Gasteiger partial charge is 0.506 e. The smallest absolute Gasteiger partial charge is 0.256 e. The third kappa shape index (κ3) is 3.67. The van der Waals surface area contributed by atoms with E-state index in [0.29, 0.717) is 18.3 Å². The third-order valence-electron chi connectivity index (χ3n) is 3.52. The van der Waals surface area contributed by atoms with Crippen molar-refractivity contribution in [3.63, 3.8) is 0 Å². The fourth-order valence-corrected chi connectivity index (χ4v) is 3.65. The summed E-state index contributed by atoms with van der Waals surface area (Å²) in [6.07, 6.45) is 2.06. The fraction of sp³-hybridized carbons (Fsp3) is 0.267. The van der Waals surface area contributed by atoms with Crippen molar-refractivity contribution in [1.82, 2.24) is 5.32 Å². The number of nitrogens with one attached hydrogen (secondary N) is 2. The van der Waals surface area contributed by atoms with Gasteiger partial charge in [-0.3, -0.25) is 4.79 Å². The van der Waals surface area contributed by atoms with E-state index in [-0.39, 0.29) is 33.2 Å². The molecule has 0 aliphatic carbocycles. The summed E-state index contributed by atoms with van der Waals surface area (Å²) in [7, 11) is -2.27. The minimum atomic E-state index is -3.63. The van der Waals surface area contributed by atoms with E-state index < -0.39 is 21.5 Å². The average Bonchev–Trinajstić information content (AvgIpc) is 3.07. The van der Waals surface area contributed by atoms with Gasteiger partial charge in [-0.1, -0.05) is 16.8 Å². The third-order valence-corrected chi connectivity index (χ3v) is 5.05. The molecule has 1 aromatic carbocycles. The molecule has 0 fully saturated rings. The van der Waals surface area contributed by atoms with Crippen LogP contribution in [0.3, 0.4) is 0 Å². The molecule has 0 radical (unpaired) electrons. The maximum atomic E-state index is 12.1. The minimum absolute atomic E-state index is 0.0146. The minimum Gasteiger partial charge on any atom is -0.506 e. The van der Waals surface area contributed by atoms with Crippen molar-refractivity contribution in [3.05, 3.63) is 33.9 Å². The average molecular weight is 386 g/mol. The molecule has 0 aromatic heterocycles. The second kappa shape index (κ2) is 7.24. The van der Waals surface area contributed by atoms with Crippen LogP contribution in [0.2, 0.25) is 5.02 Å². The molecule has 3 N–H and O–H groups in total. The predicted molar refractivity (Wildman–Crippen MR) is 94.1 cm³/mol. The van der Waals surface area contributed by atoms with E-state index in [2.05, 4.69) is 10.5 Å². The van der Waals surface area contributed by atoms with E-state index in [9.17, 15) is 18.3 Å². The number of likely N-dealkylation sites (N-methyl/N-ethyl adjacent to an activating group) is 1. The number of sulfone groups is 1. The molecule has 1 aromatic rings. The summed E-state index contributed by atoms with van der Waals surface area (Å²) in [5.41, 5.74) is 0.149. The number of aliphatic hydroxyl groups excluding tert-OH is 1. The highest BCUT2D eigenvalue weighted by Crippen LogP contribution is 2.34. The molecule has 0 saturated carbocycles. The van der Waals surface area contributed by atoms with E-state index >= 15 is 0 Å². The van der Waals surface area contributed by atoms with Gasteiger partial charge in [-0.2, -0.15) is 0 Å². The Morgan fingerprint density at radius 3 is 2.64 bits per heavy atom. The van der Waals surface area contributed by atoms with Gasteiger partial charge in [-0.15, -0.1) is 0 Å². The van der Waals surface area contributed by atoms with Gasteiger partial charge in [0.05, 0.1) is 21.2 Å². The Balaban J connectivity index is 2.79. The second-order valence-corrected chi connectivity index (χ2v) is 7.54. The quantitative estimate of drug-likeness (QED) is 0.402. The van der Waals surface area contributed by atoms with Gasteiger partial charge < -0.3 is 20.7 Å². The van der Waals surface area contributed by atoms with Gasteiger partial charge >= 0.3 is 0 Å². The van der Waals surface area contributed by atoms with Crippen LogP contribution in [0.25, 0.3) is 5.76 Å². The Labute approximate surface area is 149 Å². The fourth-order valence-electron chi connectivity index (χ4n) is 2.32. The van der Waals surface area contributed by atoms with Crippen LogP contribution in [-0.4, -0.2) is 51.3 Å². The number of amides is 1. The van der Waals surface area contributed by atoms with Gasteiger partial charge in [-0.05, 0) is 12.1 Å². The molecule has 10 heteroatoms. The zero-order valence-corrected chi connectivity index (χ0v) is 15.0. The molecule has 8 nitrogen and oxygen atoms in total. The number of oxime groups is 1. The van der Waals surface area contributed by atoms with E-state index in [1.165, 1.54) is 19.2 Å². The lowest BCUT2D eigenvalue weighted by Gasteiger charge is -2.14. The van der Waals surface area contributed by atoms with Gasteiger partial charge in [0, 0.05) is 37.1 Å². The maximum absolute atomic E-state index is 12.1. The zero-order valence-electron chi connectivity index (χ0n) is 13.5. The zero-order chi connectivity index (χ0) is 18.8. The monoisotopic (exact) mass is 385 g/mol. The molecule has 134 valence electrons. The molecule has 2 rings (SSSR count). The SMILES string of the molecule is CNC(=O)/C(C=N)=C(/O)c1ccc(S(C)(=O)=O)c(C2=NOCC2)c1Cl. The highest BCUT2D eigenvalue weighted by Gasteiger charge is 2.27. The summed E-state index contributed by atoms with van der Waals surface area (Å²) in [4.78, 5) is 16.6. The van der Waals surface area contributed by atoms with Crippen molar-refractivity contribution >= 4 is 45.0 Å². The van der Waals surface area contributed by atoms with Crippen LogP contribution < -0.4 is 5.32 Å². The van der Waals surface area contributed by atoms with Crippen LogP contribution in [0.5, 0.6) is 0 Å². The number of rotatable bonds is 5. The summed E-state index contributed by atoms with van der Waals surface area (Å²) < 4.78 is 24.1. The van der Waals surface area contributed by atoms with E-state index in [0.717, 1.165) is 6.26 Å². The molecule has 0 spiro atoms. The number of hydrogen-bond acceptors (Lipinski definition) is 7. The number of halogens is 1. The number of carbonyl (C=O) groups excluding carboxylic acids is 1. The Hall–Kier alpha value is -2.39. The molecular formula is C15H16ClN3O5S. The van der Waals surface area contributed by atoms with Crippen molar-refractivity contribution in [2.75, 3.05) is 19.9 Å². The number of aliphatic hydroxyl groups is 1. The Kier molecular flexibility index (Phi) is 5.48. The maximum Gasteiger partial charge on any atom is 0.256 e. The highest BCUT2D eigenvalue weighted by molar-refractivity contribution is 7.90. The van der Waals surface area contributed by atoms with Crippen LogP contribution in [0.15, 0.2) is 27.8 Å². The molecule has 1 aliphatic rings. The lowest BCUT2D eigenvalue weighted by atomic mass is 10.0. The van der Waals surface area contributed by atoms with Crippen LogP contribution in [0, 0.1) is 5.41 Å². The standard InChI is InChI=1S/C15H16ClN3O5S/c1-18-15(21)9(7-17)14(20)8-3-4-11(25(2,22)23)12(13(8)16)10-5-6-24-19-10/h3-4,7,17,20H,5-6H2,1-2H3,(H,18,21)/b14-9+,17-7?. The number of hydrogen-bond donors (Lipinski definition) is 3. The van der Waals surface area contributed by atoms with Crippen LogP contribution >= 0.6 is 11.6 Å². The molecule has 1 amide bonds. The van der Waals surface area contributed by atoms with E-state index in [4.69, 9.17) is 21.8 Å². The van der Waals surface area contributed by atoms with Gasteiger partial charge in [0.2, 0.25) is 0 Å². The molecule has 0 unspecified atom stereocenters. The van der Waals surface area contributed by atoms with E-state index in [1.54, 1.807) is 0 Å². The second-order valence-electron chi connectivity index (χ2n) is 5.18. The van der Waals surface area contributed by atoms with Crippen LogP contribution in [-0.2, 0) is 19.5 Å². The summed E-state index contributed by atoms with van der Waals surface area (Å²) in [5.74, 6) is -1.22. The lowest BCUT2D eigenvalue weighted by molar-refractivity contribution is -0.116. The molecule has 25 heavy (non-hydrogen) atoms. The lowest BCUT2D eigenvalue weighted by Crippen LogP contribution is -2.22. The first-order chi connectivity index (χ1) is 11.7. The molecule has 0 bridgehead atoms. The van der Waals surface area contributed by atoms with Gasteiger partial charge in [0.15, 0.2) is 9.84 Å². The van der Waals surface area contributed by atoms with Gasteiger partial charge in [-0.25, -0.2) is 8.42 Å². The number of carbonyl (C=O) groups is 1. The highest BCUT2D eigenvalue weighted by atomic mass is 35.5.